The summed E-state index contributed by atoms with van der Waals surface area (Å²) in [4.78, 5) is 0. The van der Waals surface area contributed by atoms with E-state index in [1.165, 1.54) is 44.4 Å². The maximum atomic E-state index is 6.47. The van der Waals surface area contributed by atoms with E-state index in [1.54, 1.807) is 8.79 Å². The van der Waals surface area contributed by atoms with Gasteiger partial charge >= 0.3 is 188 Å². The zero-order chi connectivity index (χ0) is 22.4. The van der Waals surface area contributed by atoms with Crippen molar-refractivity contribution in [3.05, 3.63) is 68.3 Å². The quantitative estimate of drug-likeness (QED) is 0.466. The summed E-state index contributed by atoms with van der Waals surface area (Å²) in [5, 5.41) is 0. The summed E-state index contributed by atoms with van der Waals surface area (Å²) in [5.41, 5.74) is 8.82. The number of allylic oxidation sites excluding steroid dienone is 1. The number of hydrogen-bond acceptors (Lipinski definition) is 1. The summed E-state index contributed by atoms with van der Waals surface area (Å²) in [7, 11) is 0. The Labute approximate surface area is 187 Å². The molecule has 0 fully saturated rings. The van der Waals surface area contributed by atoms with E-state index in [4.69, 9.17) is 4.74 Å². The van der Waals surface area contributed by atoms with Crippen molar-refractivity contribution in [3.8, 4) is 0 Å². The minimum absolute atomic E-state index is 0.286. The summed E-state index contributed by atoms with van der Waals surface area (Å²) < 4.78 is 11.7. The van der Waals surface area contributed by atoms with Gasteiger partial charge in [0.25, 0.3) is 0 Å². The third-order valence-corrected chi connectivity index (χ3v) is 18.6. The Morgan fingerprint density at radius 3 is 1.50 bits per heavy atom. The van der Waals surface area contributed by atoms with E-state index in [0.717, 1.165) is 6.61 Å². The van der Waals surface area contributed by atoms with Gasteiger partial charge in [0.2, 0.25) is 0 Å². The fourth-order valence-corrected chi connectivity index (χ4v) is 19.7. The molecule has 0 spiro atoms. The molecule has 0 amide bonds. The van der Waals surface area contributed by atoms with E-state index in [-0.39, 0.29) is 5.41 Å². The molecule has 2 aromatic carbocycles. The molecule has 1 heterocycles. The van der Waals surface area contributed by atoms with Crippen molar-refractivity contribution in [2.45, 2.75) is 80.4 Å². The Kier molecular flexibility index (Phi) is 6.36. The average Bonchev–Trinajstić information content (AvgIpc) is 2.56. The van der Waals surface area contributed by atoms with E-state index < -0.39 is 13.3 Å². The molecule has 0 saturated heterocycles. The van der Waals surface area contributed by atoms with Gasteiger partial charge in [-0.3, -0.25) is 0 Å². The molecule has 0 aromatic heterocycles. The van der Waals surface area contributed by atoms with Gasteiger partial charge in [-0.1, -0.05) is 0 Å². The summed E-state index contributed by atoms with van der Waals surface area (Å²) in [5.74, 6) is 0. The van der Waals surface area contributed by atoms with E-state index in [2.05, 4.69) is 99.6 Å². The Hall–Kier alpha value is -1.48. The Morgan fingerprint density at radius 1 is 0.767 bits per heavy atom. The predicted octanol–water partition coefficient (Wildman–Crippen LogP) is 6.38. The zero-order valence-corrected chi connectivity index (χ0v) is 22.9. The molecule has 162 valence electrons. The van der Waals surface area contributed by atoms with Gasteiger partial charge in [0.1, 0.15) is 0 Å². The summed E-state index contributed by atoms with van der Waals surface area (Å²) in [6.45, 7) is 23.8. The fourth-order valence-electron chi connectivity index (χ4n) is 6.06. The second kappa shape index (κ2) is 8.22. The van der Waals surface area contributed by atoms with Crippen LogP contribution >= 0.6 is 0 Å². The summed E-state index contributed by atoms with van der Waals surface area (Å²) in [6.07, 6.45) is 3.70. The number of hydrogen-bond donors (Lipinski definition) is 0. The third-order valence-electron chi connectivity index (χ3n) is 6.57. The molecule has 2 heteroatoms. The van der Waals surface area contributed by atoms with Crippen LogP contribution in [0.25, 0.3) is 0 Å². The van der Waals surface area contributed by atoms with Gasteiger partial charge in [-0.25, -0.2) is 0 Å². The normalized spacial score (nSPS) is 18.1. The Balaban J connectivity index is 2.43. The Bertz CT molecular complexity index is 887. The van der Waals surface area contributed by atoms with E-state index in [0.29, 0.717) is 4.75 Å². The fraction of sp³-hybridized carbons (Fsp3) is 0.500. The molecule has 0 radical (unpaired) electrons. The second-order valence-corrected chi connectivity index (χ2v) is 18.8. The average molecular weight is 465 g/mol. The van der Waals surface area contributed by atoms with Gasteiger partial charge < -0.3 is 0 Å². The predicted molar refractivity (Wildman–Crippen MR) is 134 cm³/mol. The Morgan fingerprint density at radius 2 is 1.17 bits per heavy atom. The van der Waals surface area contributed by atoms with Gasteiger partial charge in [-0.05, 0) is 0 Å². The molecule has 0 N–H and O–H groups in total. The number of benzene rings is 2. The van der Waals surface area contributed by atoms with Crippen molar-refractivity contribution in [3.63, 3.8) is 0 Å². The molecule has 0 saturated carbocycles. The molecule has 3 rings (SSSR count). The number of ether oxygens (including phenoxy) is 1. The molecule has 0 bridgehead atoms. The first-order valence-electron chi connectivity index (χ1n) is 11.4. The molecule has 1 unspecified atom stereocenters. The van der Waals surface area contributed by atoms with Crippen LogP contribution in [0.15, 0.2) is 34.9 Å². The van der Waals surface area contributed by atoms with Gasteiger partial charge in [-0.15, -0.1) is 0 Å². The molecule has 1 aliphatic rings. The van der Waals surface area contributed by atoms with Crippen LogP contribution in [0.1, 0.15) is 67.5 Å². The van der Waals surface area contributed by atoms with Crippen molar-refractivity contribution in [2.24, 2.45) is 5.41 Å². The van der Waals surface area contributed by atoms with E-state index in [9.17, 15) is 0 Å². The first kappa shape index (κ1) is 23.2. The van der Waals surface area contributed by atoms with Crippen LogP contribution in [-0.2, 0) is 4.74 Å². The second-order valence-electron chi connectivity index (χ2n) is 10.7. The minimum atomic E-state index is -2.99. The van der Waals surface area contributed by atoms with Crippen molar-refractivity contribution in [1.82, 2.24) is 0 Å². The molecule has 1 atom stereocenters. The standard InChI is InChI=1S/C28H40GeO/c1-11-30-25-16-24(17-28(8,9)10)29(25,26-20(4)12-18(2)13-21(26)5)27-22(6)14-19(3)15-23(27)7/h12-16,24H,11,17H2,1-10H3. The summed E-state index contributed by atoms with van der Waals surface area (Å²) in [6, 6.07) is 9.57. The van der Waals surface area contributed by atoms with Crippen molar-refractivity contribution in [2.75, 3.05) is 6.61 Å². The van der Waals surface area contributed by atoms with Gasteiger partial charge in [0.15, 0.2) is 0 Å². The van der Waals surface area contributed by atoms with Crippen LogP contribution in [0.5, 0.6) is 0 Å². The van der Waals surface area contributed by atoms with Crippen molar-refractivity contribution in [1.29, 1.82) is 0 Å². The van der Waals surface area contributed by atoms with Gasteiger partial charge in [0.05, 0.1) is 0 Å². The zero-order valence-electron chi connectivity index (χ0n) is 20.8. The SMILES string of the molecule is CCO[C]1=C[CH](CC(C)(C)C)[Ge]1([c]1c(C)cc(C)cc1C)[c]1c(C)cc(C)cc1C. The molecular weight excluding hydrogens is 425 g/mol. The summed E-state index contributed by atoms with van der Waals surface area (Å²) >= 11 is -2.99. The van der Waals surface area contributed by atoms with Crippen LogP contribution in [0, 0.1) is 47.0 Å². The van der Waals surface area contributed by atoms with E-state index in [1.807, 2.05) is 0 Å². The molecule has 30 heavy (non-hydrogen) atoms. The topological polar surface area (TPSA) is 9.23 Å². The number of rotatable bonds is 5. The van der Waals surface area contributed by atoms with Gasteiger partial charge in [0, 0.05) is 0 Å². The third kappa shape index (κ3) is 3.90. The first-order chi connectivity index (χ1) is 13.9. The molecule has 1 aliphatic heterocycles. The van der Waals surface area contributed by atoms with Crippen LogP contribution < -0.4 is 8.79 Å². The molecule has 1 nitrogen and oxygen atoms in total. The van der Waals surface area contributed by atoms with E-state index >= 15 is 0 Å². The van der Waals surface area contributed by atoms with Gasteiger partial charge in [-0.2, -0.15) is 0 Å². The van der Waals surface area contributed by atoms with Crippen LogP contribution in [-0.4, -0.2) is 19.9 Å². The van der Waals surface area contributed by atoms with Crippen molar-refractivity contribution >= 4 is 22.1 Å². The maximum absolute atomic E-state index is 6.47. The van der Waals surface area contributed by atoms with Crippen LogP contribution in [0.3, 0.4) is 0 Å². The molecule has 2 aromatic rings. The monoisotopic (exact) mass is 466 g/mol. The molecular formula is C28H40GeO. The van der Waals surface area contributed by atoms with Crippen LogP contribution in [0.4, 0.5) is 0 Å². The van der Waals surface area contributed by atoms with Crippen LogP contribution in [0.2, 0.25) is 4.75 Å². The van der Waals surface area contributed by atoms with Crippen molar-refractivity contribution < 1.29 is 4.74 Å². The number of aryl methyl sites for hydroxylation is 6. The first-order valence-corrected chi connectivity index (χ1v) is 15.8. The molecule has 0 aliphatic carbocycles.